The fraction of sp³-hybridized carbons (Fsp3) is 0.606. The van der Waals surface area contributed by atoms with Crippen LogP contribution in [0.25, 0.3) is 11.3 Å². The average Bonchev–Trinajstić information content (AvgIpc) is 3.50. The zero-order chi connectivity index (χ0) is 35.0. The average molecular weight is 709 g/mol. The topological polar surface area (TPSA) is 129 Å². The van der Waals surface area contributed by atoms with Gasteiger partial charge in [-0.15, -0.1) is 0 Å². The highest BCUT2D eigenvalue weighted by atomic mass is 32.2. The van der Waals surface area contributed by atoms with Crippen molar-refractivity contribution < 1.29 is 31.1 Å². The Morgan fingerprint density at radius 2 is 1.73 bits per heavy atom. The van der Waals surface area contributed by atoms with Gasteiger partial charge in [-0.2, -0.15) is 22.6 Å². The number of aromatic nitrogens is 4. The van der Waals surface area contributed by atoms with Gasteiger partial charge < -0.3 is 20.6 Å². The minimum absolute atomic E-state index is 0.0224. The zero-order valence-electron chi connectivity index (χ0n) is 27.8. The van der Waals surface area contributed by atoms with E-state index in [1.54, 1.807) is 0 Å². The van der Waals surface area contributed by atoms with E-state index in [0.29, 0.717) is 30.6 Å². The molecule has 3 N–H and O–H groups in total. The first-order valence-corrected chi connectivity index (χ1v) is 18.2. The third kappa shape index (κ3) is 8.42. The van der Waals surface area contributed by atoms with Crippen molar-refractivity contribution >= 4 is 21.7 Å². The summed E-state index contributed by atoms with van der Waals surface area (Å²) in [5, 5.41) is 20.1. The maximum absolute atomic E-state index is 15.3. The number of rotatable bonds is 9. The van der Waals surface area contributed by atoms with E-state index in [1.165, 1.54) is 73.0 Å². The van der Waals surface area contributed by atoms with Gasteiger partial charge in [0.15, 0.2) is 0 Å². The fourth-order valence-electron chi connectivity index (χ4n) is 7.23. The van der Waals surface area contributed by atoms with Crippen LogP contribution in [-0.2, 0) is 22.7 Å². The molecule has 0 unspecified atom stereocenters. The van der Waals surface area contributed by atoms with E-state index in [4.69, 9.17) is 0 Å². The number of alkyl halides is 3. The summed E-state index contributed by atoms with van der Waals surface area (Å²) in [5.41, 5.74) is -2.46. The molecule has 268 valence electrons. The Labute approximate surface area is 284 Å². The van der Waals surface area contributed by atoms with E-state index < -0.39 is 38.9 Å². The van der Waals surface area contributed by atoms with Crippen LogP contribution in [0.3, 0.4) is 0 Å². The number of benzene rings is 1. The summed E-state index contributed by atoms with van der Waals surface area (Å²) < 4.78 is 86.5. The van der Waals surface area contributed by atoms with Crippen molar-refractivity contribution in [1.82, 2.24) is 34.3 Å². The second-order valence-corrected chi connectivity index (χ2v) is 16.3. The number of nitrogens with one attached hydrogen (secondary N) is 2. The molecule has 11 nitrogen and oxygen atoms in total. The lowest BCUT2D eigenvalue weighted by molar-refractivity contribution is -0.137. The van der Waals surface area contributed by atoms with E-state index in [0.717, 1.165) is 51.6 Å². The Bertz CT molecular complexity index is 1720. The van der Waals surface area contributed by atoms with Crippen LogP contribution in [0.4, 0.5) is 29.2 Å². The second-order valence-electron chi connectivity index (χ2n) is 14.4. The summed E-state index contributed by atoms with van der Waals surface area (Å²) in [6, 6.07) is 3.38. The predicted octanol–water partition coefficient (Wildman–Crippen LogP) is 4.88. The van der Waals surface area contributed by atoms with Gasteiger partial charge in [0.05, 0.1) is 34.6 Å². The molecule has 3 aromatic rings. The lowest BCUT2D eigenvalue weighted by Crippen LogP contribution is -2.47. The number of hydrogen-bond acceptors (Lipinski definition) is 9. The van der Waals surface area contributed by atoms with E-state index in [1.807, 2.05) is 0 Å². The maximum Gasteiger partial charge on any atom is 0.419 e. The summed E-state index contributed by atoms with van der Waals surface area (Å²) in [4.78, 5) is 10.1. The quantitative estimate of drug-likeness (QED) is 0.267. The van der Waals surface area contributed by atoms with Crippen LogP contribution in [0.15, 0.2) is 41.7 Å². The Balaban J connectivity index is 1.09. The number of sulfonamides is 1. The van der Waals surface area contributed by atoms with Gasteiger partial charge >= 0.3 is 6.18 Å². The SMILES string of the molecule is CC(C)(O)Cn1cc(-c2nc(Nc3ccc(S(=O)(=O)N4CCC(CN5CCC6(CCNCC6)CC5)CC4)cc3F)ncc2C(F)(F)F)cn1. The highest BCUT2D eigenvalue weighted by Gasteiger charge is 2.38. The molecule has 0 aliphatic carbocycles. The van der Waals surface area contributed by atoms with E-state index in [-0.39, 0.29) is 28.6 Å². The van der Waals surface area contributed by atoms with Crippen molar-refractivity contribution in [2.45, 2.75) is 75.6 Å². The van der Waals surface area contributed by atoms with Crippen molar-refractivity contribution in [2.75, 3.05) is 51.1 Å². The molecule has 2 aromatic heterocycles. The van der Waals surface area contributed by atoms with Gasteiger partial charge in [-0.25, -0.2) is 22.8 Å². The molecule has 0 saturated carbocycles. The minimum Gasteiger partial charge on any atom is -0.389 e. The monoisotopic (exact) mass is 708 g/mol. The molecule has 16 heteroatoms. The first-order chi connectivity index (χ1) is 23.1. The summed E-state index contributed by atoms with van der Waals surface area (Å²) in [6.45, 7) is 9.16. The number of piperidine rings is 3. The Morgan fingerprint density at radius 3 is 2.37 bits per heavy atom. The molecule has 3 fully saturated rings. The third-order valence-electron chi connectivity index (χ3n) is 10.0. The van der Waals surface area contributed by atoms with Gasteiger partial charge in [-0.1, -0.05) is 0 Å². The molecule has 49 heavy (non-hydrogen) atoms. The summed E-state index contributed by atoms with van der Waals surface area (Å²) >= 11 is 0. The lowest BCUT2D eigenvalue weighted by atomic mass is 9.71. The molecule has 0 bridgehead atoms. The van der Waals surface area contributed by atoms with Crippen LogP contribution in [0.1, 0.15) is 57.9 Å². The number of halogens is 4. The Morgan fingerprint density at radius 1 is 1.04 bits per heavy atom. The summed E-state index contributed by atoms with van der Waals surface area (Å²) in [5.74, 6) is -0.841. The molecule has 3 saturated heterocycles. The fourth-order valence-corrected chi connectivity index (χ4v) is 8.71. The normalized spacial score (nSPS) is 20.1. The summed E-state index contributed by atoms with van der Waals surface area (Å²) in [6.07, 6.45) is 4.72. The molecule has 0 atom stereocenters. The van der Waals surface area contributed by atoms with Crippen molar-refractivity contribution in [2.24, 2.45) is 11.3 Å². The number of anilines is 2. The molecule has 5 heterocycles. The van der Waals surface area contributed by atoms with Crippen LogP contribution in [0.2, 0.25) is 0 Å². The van der Waals surface area contributed by atoms with Crippen molar-refractivity contribution in [3.05, 3.63) is 48.2 Å². The van der Waals surface area contributed by atoms with E-state index >= 15 is 4.39 Å². The smallest absolute Gasteiger partial charge is 0.389 e. The highest BCUT2D eigenvalue weighted by Crippen LogP contribution is 2.40. The number of nitrogens with zero attached hydrogens (tertiary/aromatic N) is 6. The first-order valence-electron chi connectivity index (χ1n) is 16.8. The Kier molecular flexibility index (Phi) is 10.1. The number of hydrogen-bond donors (Lipinski definition) is 3. The van der Waals surface area contributed by atoms with Crippen molar-refractivity contribution in [3.63, 3.8) is 0 Å². The minimum atomic E-state index is -4.79. The molecular weight excluding hydrogens is 664 g/mol. The van der Waals surface area contributed by atoms with Gasteiger partial charge in [0, 0.05) is 37.6 Å². The molecule has 3 aliphatic rings. The van der Waals surface area contributed by atoms with Crippen LogP contribution < -0.4 is 10.6 Å². The van der Waals surface area contributed by atoms with Gasteiger partial charge in [-0.05, 0) is 108 Å². The standard InChI is InChI=1S/C33H44F4N8O3S/c1-31(2,46)22-44-21-24(18-40-44)29-26(33(35,36)37)19-39-30(42-29)41-28-4-3-25(17-27(28)34)49(47,48)45-13-5-23(6-14-45)20-43-15-9-32(10-16-43)7-11-38-12-8-32/h3-4,17-19,21,23,38,46H,5-16,20,22H2,1-2H3,(H,39,41,42). The molecular formula is C33H44F4N8O3S. The third-order valence-corrected chi connectivity index (χ3v) is 11.9. The number of likely N-dealkylation sites (tertiary alicyclic amines) is 1. The summed E-state index contributed by atoms with van der Waals surface area (Å²) in [7, 11) is -3.96. The molecule has 3 aliphatic heterocycles. The van der Waals surface area contributed by atoms with Gasteiger partial charge in [0.1, 0.15) is 11.4 Å². The second kappa shape index (κ2) is 13.9. The van der Waals surface area contributed by atoms with Crippen molar-refractivity contribution in [1.29, 1.82) is 0 Å². The van der Waals surface area contributed by atoms with Gasteiger partial charge in [0.25, 0.3) is 0 Å². The van der Waals surface area contributed by atoms with Crippen LogP contribution in [0, 0.1) is 17.2 Å². The van der Waals surface area contributed by atoms with Crippen molar-refractivity contribution in [3.8, 4) is 11.3 Å². The van der Waals surface area contributed by atoms with E-state index in [9.17, 15) is 26.7 Å². The Hall–Kier alpha value is -3.18. The largest absolute Gasteiger partial charge is 0.419 e. The van der Waals surface area contributed by atoms with Gasteiger partial charge in [-0.3, -0.25) is 4.68 Å². The molecule has 1 aromatic carbocycles. The molecule has 6 rings (SSSR count). The first kappa shape index (κ1) is 35.6. The van der Waals surface area contributed by atoms with Gasteiger partial charge in [0.2, 0.25) is 16.0 Å². The zero-order valence-corrected chi connectivity index (χ0v) is 28.6. The van der Waals surface area contributed by atoms with Crippen LogP contribution >= 0.6 is 0 Å². The van der Waals surface area contributed by atoms with Crippen LogP contribution in [-0.4, -0.2) is 93.9 Å². The molecule has 1 spiro atoms. The molecule has 0 radical (unpaired) electrons. The van der Waals surface area contributed by atoms with Crippen LogP contribution in [0.5, 0.6) is 0 Å². The van der Waals surface area contributed by atoms with E-state index in [2.05, 4.69) is 30.6 Å². The predicted molar refractivity (Wildman–Crippen MR) is 176 cm³/mol. The number of aliphatic hydroxyl groups is 1. The highest BCUT2D eigenvalue weighted by molar-refractivity contribution is 7.89. The lowest BCUT2D eigenvalue weighted by Gasteiger charge is -2.45. The maximum atomic E-state index is 15.3. The molecule has 0 amide bonds.